The molecule has 1 N–H and O–H groups in total. The monoisotopic (exact) mass is 429 g/mol. The number of amides is 1. The van der Waals surface area contributed by atoms with Gasteiger partial charge in [0.1, 0.15) is 5.75 Å². The molecule has 0 fully saturated rings. The fraction of sp³-hybridized carbons (Fsp3) is 0.350. The molecule has 0 unspecified atom stereocenters. The van der Waals surface area contributed by atoms with Gasteiger partial charge in [0.15, 0.2) is 0 Å². The van der Waals surface area contributed by atoms with E-state index in [1.54, 1.807) is 18.0 Å². The Morgan fingerprint density at radius 2 is 1.79 bits per heavy atom. The number of rotatable bonds is 7. The van der Waals surface area contributed by atoms with E-state index in [0.717, 1.165) is 12.1 Å². The number of hydrogen-bond donors (Lipinski definition) is 1. The van der Waals surface area contributed by atoms with E-state index in [-0.39, 0.29) is 17.0 Å². The molecule has 1 amide bonds. The summed E-state index contributed by atoms with van der Waals surface area (Å²) in [6.45, 7) is 1.24. The first-order chi connectivity index (χ1) is 13.5. The number of hydrogen-bond acceptors (Lipinski definition) is 4. The molecule has 0 aliphatic rings. The normalized spacial score (nSPS) is 11.5. The van der Waals surface area contributed by atoms with Gasteiger partial charge in [0, 0.05) is 25.2 Å². The van der Waals surface area contributed by atoms with Crippen molar-refractivity contribution in [2.24, 2.45) is 0 Å². The lowest BCUT2D eigenvalue weighted by atomic mass is 10.1. The molecule has 0 saturated carbocycles. The largest absolute Gasteiger partial charge is 0.496 e. The number of halogens is 4. The van der Waals surface area contributed by atoms with Gasteiger partial charge in [-0.2, -0.15) is 13.2 Å². The van der Waals surface area contributed by atoms with Crippen molar-refractivity contribution >= 4 is 28.9 Å². The minimum atomic E-state index is -4.53. The zero-order chi connectivity index (χ0) is 21.8. The van der Waals surface area contributed by atoms with E-state index in [1.165, 1.54) is 25.3 Å². The lowest BCUT2D eigenvalue weighted by Gasteiger charge is -2.25. The molecule has 158 valence electrons. The van der Waals surface area contributed by atoms with Gasteiger partial charge in [-0.1, -0.05) is 11.6 Å². The number of nitrogens with zero attached hydrogens (tertiary/aromatic N) is 2. The van der Waals surface area contributed by atoms with Crippen molar-refractivity contribution in [2.45, 2.75) is 6.18 Å². The van der Waals surface area contributed by atoms with Crippen molar-refractivity contribution in [3.05, 3.63) is 52.5 Å². The van der Waals surface area contributed by atoms with Gasteiger partial charge in [-0.05, 0) is 50.5 Å². The van der Waals surface area contributed by atoms with Crippen LogP contribution in [0.5, 0.6) is 5.75 Å². The first kappa shape index (κ1) is 22.8. The van der Waals surface area contributed by atoms with Crippen LogP contribution in [0.25, 0.3) is 0 Å². The second-order valence-corrected chi connectivity index (χ2v) is 7.19. The fourth-order valence-corrected chi connectivity index (χ4v) is 2.84. The molecule has 0 saturated heterocycles. The Kier molecular flexibility index (Phi) is 7.37. The average molecular weight is 430 g/mol. The number of carbonyl (C=O) groups is 1. The summed E-state index contributed by atoms with van der Waals surface area (Å²) in [7, 11) is 6.94. The molecule has 0 aliphatic heterocycles. The molecule has 0 radical (unpaired) electrons. The molecule has 2 aromatic carbocycles. The van der Waals surface area contributed by atoms with Crippen LogP contribution < -0.4 is 15.0 Å². The third-order valence-corrected chi connectivity index (χ3v) is 4.51. The lowest BCUT2D eigenvalue weighted by Crippen LogP contribution is -2.29. The third-order valence-electron chi connectivity index (χ3n) is 4.27. The highest BCUT2D eigenvalue weighted by molar-refractivity contribution is 6.31. The third kappa shape index (κ3) is 6.01. The van der Waals surface area contributed by atoms with Gasteiger partial charge in [-0.25, -0.2) is 0 Å². The van der Waals surface area contributed by atoms with Crippen molar-refractivity contribution in [2.75, 3.05) is 51.6 Å². The Morgan fingerprint density at radius 3 is 2.38 bits per heavy atom. The summed E-state index contributed by atoms with van der Waals surface area (Å²) in [5.74, 6) is -0.354. The molecule has 2 rings (SSSR count). The standard InChI is InChI=1S/C20H23ClF3N3O2/c1-26(2)9-10-27(3)17-7-5-13(20(22,23)24)11-16(17)25-19(28)15-12-14(21)6-8-18(15)29-4/h5-8,11-12H,9-10H2,1-4H3,(H,25,28). The number of likely N-dealkylation sites (N-methyl/N-ethyl adjacent to an activating group) is 2. The predicted molar refractivity (Wildman–Crippen MR) is 109 cm³/mol. The molecule has 0 atom stereocenters. The molecule has 9 heteroatoms. The van der Waals surface area contributed by atoms with Crippen molar-refractivity contribution in [1.29, 1.82) is 0 Å². The topological polar surface area (TPSA) is 44.8 Å². The van der Waals surface area contributed by atoms with E-state index in [9.17, 15) is 18.0 Å². The van der Waals surface area contributed by atoms with Gasteiger partial charge in [0.05, 0.1) is 29.6 Å². The molecular formula is C20H23ClF3N3O2. The van der Waals surface area contributed by atoms with Crippen molar-refractivity contribution in [1.82, 2.24) is 4.90 Å². The van der Waals surface area contributed by atoms with E-state index < -0.39 is 17.6 Å². The van der Waals surface area contributed by atoms with Crippen LogP contribution in [0.4, 0.5) is 24.5 Å². The minimum Gasteiger partial charge on any atom is -0.496 e. The number of ether oxygens (including phenoxy) is 1. The summed E-state index contributed by atoms with van der Waals surface area (Å²) in [5.41, 5.74) is -0.211. The Bertz CT molecular complexity index is 873. The molecule has 0 aliphatic carbocycles. The van der Waals surface area contributed by atoms with Crippen LogP contribution in [0.3, 0.4) is 0 Å². The molecule has 0 bridgehead atoms. The van der Waals surface area contributed by atoms with Crippen LogP contribution in [0.15, 0.2) is 36.4 Å². The SMILES string of the molecule is COc1ccc(Cl)cc1C(=O)Nc1cc(C(F)(F)F)ccc1N(C)CCN(C)C. The zero-order valence-corrected chi connectivity index (χ0v) is 17.4. The maximum atomic E-state index is 13.2. The van der Waals surface area contributed by atoms with Crippen LogP contribution in [-0.4, -0.2) is 52.1 Å². The van der Waals surface area contributed by atoms with E-state index in [4.69, 9.17) is 16.3 Å². The number of carbonyl (C=O) groups excluding carboxylic acids is 1. The molecular weight excluding hydrogens is 407 g/mol. The van der Waals surface area contributed by atoms with Crippen molar-refractivity contribution in [3.8, 4) is 5.75 Å². The molecule has 0 aromatic heterocycles. The van der Waals surface area contributed by atoms with Gasteiger partial charge in [0.25, 0.3) is 5.91 Å². The van der Waals surface area contributed by atoms with Gasteiger partial charge in [0.2, 0.25) is 0 Å². The quantitative estimate of drug-likeness (QED) is 0.697. The highest BCUT2D eigenvalue weighted by Crippen LogP contribution is 2.36. The van der Waals surface area contributed by atoms with E-state index >= 15 is 0 Å². The lowest BCUT2D eigenvalue weighted by molar-refractivity contribution is -0.137. The van der Waals surface area contributed by atoms with Crippen molar-refractivity contribution in [3.63, 3.8) is 0 Å². The Balaban J connectivity index is 2.42. The summed E-state index contributed by atoms with van der Waals surface area (Å²) in [6.07, 6.45) is -4.53. The van der Waals surface area contributed by atoms with Crippen LogP contribution in [0.1, 0.15) is 15.9 Å². The summed E-state index contributed by atoms with van der Waals surface area (Å²) >= 11 is 5.96. The molecule has 29 heavy (non-hydrogen) atoms. The molecule has 0 heterocycles. The first-order valence-electron chi connectivity index (χ1n) is 8.75. The summed E-state index contributed by atoms with van der Waals surface area (Å²) in [4.78, 5) is 16.5. The summed E-state index contributed by atoms with van der Waals surface area (Å²) in [5, 5.41) is 2.89. The number of nitrogens with one attached hydrogen (secondary N) is 1. The first-order valence-corrected chi connectivity index (χ1v) is 9.12. The predicted octanol–water partition coefficient (Wildman–Crippen LogP) is 4.62. The number of anilines is 2. The van der Waals surface area contributed by atoms with E-state index in [1.807, 2.05) is 19.0 Å². The number of benzene rings is 2. The molecule has 0 spiro atoms. The average Bonchev–Trinajstić information content (AvgIpc) is 2.65. The zero-order valence-electron chi connectivity index (χ0n) is 16.6. The van der Waals surface area contributed by atoms with Crippen LogP contribution in [0.2, 0.25) is 5.02 Å². The Morgan fingerprint density at radius 1 is 1.10 bits per heavy atom. The highest BCUT2D eigenvalue weighted by atomic mass is 35.5. The van der Waals surface area contributed by atoms with E-state index in [0.29, 0.717) is 23.8 Å². The smallest absolute Gasteiger partial charge is 0.416 e. The minimum absolute atomic E-state index is 0.0492. The van der Waals surface area contributed by atoms with Crippen LogP contribution in [-0.2, 0) is 6.18 Å². The second-order valence-electron chi connectivity index (χ2n) is 6.75. The maximum Gasteiger partial charge on any atom is 0.416 e. The van der Waals surface area contributed by atoms with Crippen LogP contribution >= 0.6 is 11.6 Å². The number of methoxy groups -OCH3 is 1. The Labute approximate surface area is 173 Å². The molecule has 5 nitrogen and oxygen atoms in total. The highest BCUT2D eigenvalue weighted by Gasteiger charge is 2.31. The van der Waals surface area contributed by atoms with Gasteiger partial charge < -0.3 is 19.9 Å². The maximum absolute atomic E-state index is 13.2. The van der Waals surface area contributed by atoms with Gasteiger partial charge in [-0.15, -0.1) is 0 Å². The number of alkyl halides is 3. The second kappa shape index (κ2) is 9.37. The Hall–Kier alpha value is -2.45. The van der Waals surface area contributed by atoms with Crippen LogP contribution in [0, 0.1) is 0 Å². The van der Waals surface area contributed by atoms with Gasteiger partial charge >= 0.3 is 6.18 Å². The van der Waals surface area contributed by atoms with Crippen molar-refractivity contribution < 1.29 is 22.7 Å². The summed E-state index contributed by atoms with van der Waals surface area (Å²) < 4.78 is 44.8. The summed E-state index contributed by atoms with van der Waals surface area (Å²) in [6, 6.07) is 7.75. The fourth-order valence-electron chi connectivity index (χ4n) is 2.66. The van der Waals surface area contributed by atoms with Gasteiger partial charge in [-0.3, -0.25) is 4.79 Å². The molecule has 2 aromatic rings. The van der Waals surface area contributed by atoms with E-state index in [2.05, 4.69) is 5.32 Å².